The van der Waals surface area contributed by atoms with Crippen molar-refractivity contribution in [1.82, 2.24) is 14.5 Å². The highest BCUT2D eigenvalue weighted by molar-refractivity contribution is 9.10. The predicted octanol–water partition coefficient (Wildman–Crippen LogP) is 0.952. The highest BCUT2D eigenvalue weighted by Gasteiger charge is 2.24. The van der Waals surface area contributed by atoms with Gasteiger partial charge >= 0.3 is 5.97 Å². The van der Waals surface area contributed by atoms with Crippen LogP contribution in [-0.4, -0.2) is 29.3 Å². The second-order valence-corrected chi connectivity index (χ2v) is 6.31. The molecular weight excluding hydrogens is 354 g/mol. The molecule has 2 rings (SSSR count). The molecule has 2 aromatic rings. The van der Waals surface area contributed by atoms with Gasteiger partial charge in [0.05, 0.1) is 12.2 Å². The first-order valence-electron chi connectivity index (χ1n) is 5.30. The average molecular weight is 364 g/mol. The molecule has 0 bridgehead atoms. The zero-order chi connectivity index (χ0) is 14.9. The number of carboxylic acid groups (broad SMARTS) is 1. The van der Waals surface area contributed by atoms with E-state index in [1.807, 2.05) is 0 Å². The second kappa shape index (κ2) is 5.38. The molecule has 0 unspecified atom stereocenters. The Kier molecular flexibility index (Phi) is 3.97. The van der Waals surface area contributed by atoms with Crippen LogP contribution in [0, 0.1) is 0 Å². The number of sulfonamides is 1. The van der Waals surface area contributed by atoms with E-state index in [1.165, 1.54) is 0 Å². The van der Waals surface area contributed by atoms with Gasteiger partial charge in [-0.3, -0.25) is 4.68 Å². The van der Waals surface area contributed by atoms with Gasteiger partial charge in [0, 0.05) is 19.3 Å². The molecule has 0 saturated heterocycles. The maximum Gasteiger partial charge on any atom is 0.371 e. The molecule has 0 spiro atoms. The van der Waals surface area contributed by atoms with Crippen LogP contribution in [0.15, 0.2) is 32.3 Å². The third-order valence-corrected chi connectivity index (χ3v) is 4.63. The van der Waals surface area contributed by atoms with Crippen LogP contribution in [0.2, 0.25) is 0 Å². The Morgan fingerprint density at radius 2 is 2.30 bits per heavy atom. The van der Waals surface area contributed by atoms with E-state index in [4.69, 9.17) is 9.52 Å². The Balaban J connectivity index is 2.20. The molecule has 10 heteroatoms. The maximum absolute atomic E-state index is 12.0. The largest absolute Gasteiger partial charge is 0.475 e. The lowest BCUT2D eigenvalue weighted by atomic mass is 10.4. The van der Waals surface area contributed by atoms with Crippen molar-refractivity contribution in [2.75, 3.05) is 0 Å². The van der Waals surface area contributed by atoms with Crippen molar-refractivity contribution < 1.29 is 22.7 Å². The highest BCUT2D eigenvalue weighted by atomic mass is 79.9. The molecule has 108 valence electrons. The van der Waals surface area contributed by atoms with E-state index in [0.29, 0.717) is 5.69 Å². The standard InChI is InChI=1S/C10H10BrN3O5S/c1-14-3-2-6(13-14)5-12-20(17,18)8-4-7(10(15)16)19-9(8)11/h2-4,12H,5H2,1H3,(H,15,16). The second-order valence-electron chi connectivity index (χ2n) is 3.86. The molecule has 0 aliphatic carbocycles. The molecule has 2 aromatic heterocycles. The first kappa shape index (κ1) is 14.8. The van der Waals surface area contributed by atoms with Crippen molar-refractivity contribution >= 4 is 31.9 Å². The van der Waals surface area contributed by atoms with Gasteiger partial charge in [-0.25, -0.2) is 17.9 Å². The van der Waals surface area contributed by atoms with Gasteiger partial charge in [-0.2, -0.15) is 5.10 Å². The molecule has 8 nitrogen and oxygen atoms in total. The van der Waals surface area contributed by atoms with Crippen molar-refractivity contribution in [2.24, 2.45) is 7.05 Å². The van der Waals surface area contributed by atoms with Gasteiger partial charge in [0.25, 0.3) is 0 Å². The Labute approximate surface area is 122 Å². The smallest absolute Gasteiger partial charge is 0.371 e. The fourth-order valence-electron chi connectivity index (χ4n) is 1.44. The zero-order valence-corrected chi connectivity index (χ0v) is 12.6. The summed E-state index contributed by atoms with van der Waals surface area (Å²) >= 11 is 2.88. The van der Waals surface area contributed by atoms with Crippen LogP contribution in [0.5, 0.6) is 0 Å². The van der Waals surface area contributed by atoms with E-state index in [9.17, 15) is 13.2 Å². The molecule has 0 radical (unpaired) electrons. The van der Waals surface area contributed by atoms with E-state index >= 15 is 0 Å². The van der Waals surface area contributed by atoms with Gasteiger partial charge < -0.3 is 9.52 Å². The van der Waals surface area contributed by atoms with Crippen molar-refractivity contribution in [1.29, 1.82) is 0 Å². The molecule has 0 fully saturated rings. The van der Waals surface area contributed by atoms with Crippen LogP contribution in [0.25, 0.3) is 0 Å². The predicted molar refractivity (Wildman–Crippen MR) is 70.6 cm³/mol. The SMILES string of the molecule is Cn1ccc(CNS(=O)(=O)c2cc(C(=O)O)oc2Br)n1. The number of furan rings is 1. The van der Waals surface area contributed by atoms with Crippen LogP contribution >= 0.6 is 15.9 Å². The zero-order valence-electron chi connectivity index (χ0n) is 10.2. The number of halogens is 1. The summed E-state index contributed by atoms with van der Waals surface area (Å²) in [5.41, 5.74) is 0.536. The number of nitrogens with zero attached hydrogens (tertiary/aromatic N) is 2. The van der Waals surface area contributed by atoms with Crippen molar-refractivity contribution in [2.45, 2.75) is 11.4 Å². The summed E-state index contributed by atoms with van der Waals surface area (Å²) in [4.78, 5) is 10.5. The summed E-state index contributed by atoms with van der Waals surface area (Å²) in [6.45, 7) is -0.0107. The van der Waals surface area contributed by atoms with Crippen LogP contribution in [0.1, 0.15) is 16.2 Å². The molecule has 0 atom stereocenters. The summed E-state index contributed by atoms with van der Waals surface area (Å²) < 4.78 is 32.6. The number of hydrogen-bond donors (Lipinski definition) is 2. The monoisotopic (exact) mass is 363 g/mol. The Morgan fingerprint density at radius 3 is 2.80 bits per heavy atom. The third kappa shape index (κ3) is 3.08. The summed E-state index contributed by atoms with van der Waals surface area (Å²) in [7, 11) is -2.18. The molecule has 0 aliphatic rings. The van der Waals surface area contributed by atoms with Crippen LogP contribution in [0.3, 0.4) is 0 Å². The minimum Gasteiger partial charge on any atom is -0.475 e. The maximum atomic E-state index is 12.0. The number of nitrogens with one attached hydrogen (secondary N) is 1. The van der Waals surface area contributed by atoms with Crippen LogP contribution in [0.4, 0.5) is 0 Å². The first-order chi connectivity index (χ1) is 9.29. The number of hydrogen-bond acceptors (Lipinski definition) is 5. The number of rotatable bonds is 5. The van der Waals surface area contributed by atoms with Gasteiger partial charge in [-0.1, -0.05) is 0 Å². The lowest BCUT2D eigenvalue weighted by Crippen LogP contribution is -2.23. The van der Waals surface area contributed by atoms with Crippen molar-refractivity contribution in [3.8, 4) is 0 Å². The Bertz CT molecular complexity index is 749. The molecule has 2 N–H and O–H groups in total. The molecule has 0 aliphatic heterocycles. The number of aromatic nitrogens is 2. The Morgan fingerprint density at radius 1 is 1.60 bits per heavy atom. The average Bonchev–Trinajstić information content (AvgIpc) is 2.93. The molecule has 2 heterocycles. The molecule has 0 aromatic carbocycles. The lowest BCUT2D eigenvalue weighted by molar-refractivity contribution is 0.0661. The minimum absolute atomic E-state index is 0.0107. The van der Waals surface area contributed by atoms with Gasteiger partial charge in [-0.15, -0.1) is 0 Å². The highest BCUT2D eigenvalue weighted by Crippen LogP contribution is 2.26. The van der Waals surface area contributed by atoms with Gasteiger partial charge in [0.2, 0.25) is 15.8 Å². The number of carbonyl (C=O) groups is 1. The van der Waals surface area contributed by atoms with E-state index in [1.54, 1.807) is 24.0 Å². The van der Waals surface area contributed by atoms with E-state index in [-0.39, 0.29) is 16.1 Å². The summed E-state index contributed by atoms with van der Waals surface area (Å²) in [5.74, 6) is -1.81. The molecular formula is C10H10BrN3O5S. The fraction of sp³-hybridized carbons (Fsp3) is 0.200. The van der Waals surface area contributed by atoms with Crippen LogP contribution in [-0.2, 0) is 23.6 Å². The summed E-state index contributed by atoms with van der Waals surface area (Å²) in [6, 6.07) is 2.60. The quantitative estimate of drug-likeness (QED) is 0.817. The number of carboxylic acids is 1. The van der Waals surface area contributed by atoms with Gasteiger partial charge in [0.1, 0.15) is 4.90 Å². The van der Waals surface area contributed by atoms with Crippen molar-refractivity contribution in [3.05, 3.63) is 34.5 Å². The van der Waals surface area contributed by atoms with Crippen molar-refractivity contribution in [3.63, 3.8) is 0 Å². The number of aryl methyl sites for hydroxylation is 1. The van der Waals surface area contributed by atoms with Crippen LogP contribution < -0.4 is 4.72 Å². The molecule has 0 saturated carbocycles. The molecule has 20 heavy (non-hydrogen) atoms. The lowest BCUT2D eigenvalue weighted by Gasteiger charge is -2.02. The normalized spacial score (nSPS) is 11.7. The van der Waals surface area contributed by atoms with Gasteiger partial charge in [-0.05, 0) is 22.0 Å². The summed E-state index contributed by atoms with van der Waals surface area (Å²) in [5, 5.41) is 12.8. The minimum atomic E-state index is -3.90. The van der Waals surface area contributed by atoms with Gasteiger partial charge in [0.15, 0.2) is 4.67 Å². The third-order valence-electron chi connectivity index (χ3n) is 2.37. The summed E-state index contributed by atoms with van der Waals surface area (Å²) in [6.07, 6.45) is 1.68. The molecule has 0 amide bonds. The first-order valence-corrected chi connectivity index (χ1v) is 7.58. The Hall–Kier alpha value is -1.65. The van der Waals surface area contributed by atoms with E-state index in [0.717, 1.165) is 6.07 Å². The van der Waals surface area contributed by atoms with E-state index in [2.05, 4.69) is 25.8 Å². The number of aromatic carboxylic acids is 1. The fourth-order valence-corrected chi connectivity index (χ4v) is 3.38. The topological polar surface area (TPSA) is 114 Å². The van der Waals surface area contributed by atoms with E-state index < -0.39 is 21.8 Å².